The molecular weight excluding hydrogens is 369 g/mol. The van der Waals surface area contributed by atoms with Crippen LogP contribution in [-0.4, -0.2) is 37.2 Å². The summed E-state index contributed by atoms with van der Waals surface area (Å²) in [6, 6.07) is 2.16. The maximum Gasteiger partial charge on any atom is 0.355 e. The molecule has 0 unspecified atom stereocenters. The lowest BCUT2D eigenvalue weighted by molar-refractivity contribution is -0.139. The summed E-state index contributed by atoms with van der Waals surface area (Å²) < 4.78 is 24.0. The van der Waals surface area contributed by atoms with Crippen molar-refractivity contribution in [3.05, 3.63) is 64.2 Å². The minimum Gasteiger partial charge on any atom is -0.478 e. The number of carbonyl (C=O) groups is 3. The predicted octanol–water partition coefficient (Wildman–Crippen LogP) is 2.67. The van der Waals surface area contributed by atoms with E-state index in [4.69, 9.17) is 11.6 Å². The quantitative estimate of drug-likeness (QED) is 0.801. The lowest BCUT2D eigenvalue weighted by Gasteiger charge is -2.25. The fourth-order valence-electron chi connectivity index (χ4n) is 2.28. The number of carbonyl (C=O) groups excluding carboxylic acids is 2. The second-order valence-electron chi connectivity index (χ2n) is 4.88. The van der Waals surface area contributed by atoms with E-state index in [0.29, 0.717) is 0 Å². The van der Waals surface area contributed by atoms with Crippen LogP contribution in [0.4, 0.5) is 10.1 Å². The van der Waals surface area contributed by atoms with E-state index in [1.54, 1.807) is 0 Å². The molecule has 26 heavy (non-hydrogen) atoms. The molecule has 0 radical (unpaired) electrons. The predicted molar refractivity (Wildman–Crippen MR) is 90.2 cm³/mol. The van der Waals surface area contributed by atoms with E-state index in [1.165, 1.54) is 24.4 Å². The zero-order valence-electron chi connectivity index (χ0n) is 13.7. The van der Waals surface area contributed by atoms with Gasteiger partial charge in [-0.05, 0) is 24.3 Å². The average Bonchev–Trinajstić information content (AvgIpc) is 2.84. The van der Waals surface area contributed by atoms with Gasteiger partial charge >= 0.3 is 17.9 Å². The van der Waals surface area contributed by atoms with Gasteiger partial charge in [0.1, 0.15) is 5.70 Å². The SMILES string of the molecule is COC(=O)C1=C(C(=O)OC)N(c2c(C(=O)O)ccc(Cl)c2F)C=CC=C1. The Hall–Kier alpha value is -3.13. The van der Waals surface area contributed by atoms with Gasteiger partial charge in [0.25, 0.3) is 0 Å². The lowest BCUT2D eigenvalue weighted by atomic mass is 10.1. The standard InChI is InChI=1S/C17H13ClFNO6/c1-25-16(23)10-5-3-4-8-20(14(10)17(24)26-2)13-9(15(21)22)6-7-11(18)12(13)19/h3-8H,1-2H3,(H,21,22). The van der Waals surface area contributed by atoms with Gasteiger partial charge in [-0.2, -0.15) is 0 Å². The molecule has 1 aliphatic heterocycles. The van der Waals surface area contributed by atoms with Gasteiger partial charge < -0.3 is 19.5 Å². The molecule has 7 nitrogen and oxygen atoms in total. The molecule has 1 heterocycles. The third-order valence-electron chi connectivity index (χ3n) is 3.43. The van der Waals surface area contributed by atoms with Crippen molar-refractivity contribution in [2.24, 2.45) is 0 Å². The molecule has 0 fully saturated rings. The van der Waals surface area contributed by atoms with Crippen LogP contribution in [0.25, 0.3) is 0 Å². The van der Waals surface area contributed by atoms with Gasteiger partial charge in [0.05, 0.1) is 36.1 Å². The van der Waals surface area contributed by atoms with Gasteiger partial charge in [0.2, 0.25) is 0 Å². The number of anilines is 1. The summed E-state index contributed by atoms with van der Waals surface area (Å²) in [5, 5.41) is 9.02. The summed E-state index contributed by atoms with van der Waals surface area (Å²) in [5.41, 5.74) is -1.66. The smallest absolute Gasteiger partial charge is 0.355 e. The molecule has 1 aromatic carbocycles. The Morgan fingerprint density at radius 2 is 1.77 bits per heavy atom. The monoisotopic (exact) mass is 381 g/mol. The van der Waals surface area contributed by atoms with Crippen LogP contribution >= 0.6 is 11.6 Å². The Balaban J connectivity index is 2.86. The number of carboxylic acid groups (broad SMARTS) is 1. The fourth-order valence-corrected chi connectivity index (χ4v) is 2.44. The number of allylic oxidation sites excluding steroid dienone is 2. The molecular formula is C17H13ClFNO6. The Morgan fingerprint density at radius 3 is 2.35 bits per heavy atom. The van der Waals surface area contributed by atoms with Crippen molar-refractivity contribution in [1.29, 1.82) is 0 Å². The first-order valence-electron chi connectivity index (χ1n) is 7.09. The van der Waals surface area contributed by atoms with Crippen molar-refractivity contribution in [2.75, 3.05) is 19.1 Å². The maximum atomic E-state index is 14.7. The van der Waals surface area contributed by atoms with E-state index in [0.717, 1.165) is 31.3 Å². The molecule has 0 aromatic heterocycles. The Bertz CT molecular complexity index is 874. The number of hydrogen-bond acceptors (Lipinski definition) is 6. The van der Waals surface area contributed by atoms with Crippen LogP contribution in [0.5, 0.6) is 0 Å². The molecule has 0 bridgehead atoms. The van der Waals surface area contributed by atoms with Gasteiger partial charge in [-0.25, -0.2) is 18.8 Å². The average molecular weight is 382 g/mol. The van der Waals surface area contributed by atoms with Crippen LogP contribution < -0.4 is 4.90 Å². The van der Waals surface area contributed by atoms with E-state index in [9.17, 15) is 23.9 Å². The third-order valence-corrected chi connectivity index (χ3v) is 3.72. The maximum absolute atomic E-state index is 14.7. The number of carboxylic acids is 1. The van der Waals surface area contributed by atoms with Crippen LogP contribution in [0.3, 0.4) is 0 Å². The van der Waals surface area contributed by atoms with Crippen molar-refractivity contribution in [1.82, 2.24) is 0 Å². The van der Waals surface area contributed by atoms with E-state index in [1.807, 2.05) is 0 Å². The van der Waals surface area contributed by atoms with Gasteiger partial charge in [-0.3, -0.25) is 0 Å². The second-order valence-corrected chi connectivity index (χ2v) is 5.29. The van der Waals surface area contributed by atoms with Crippen LogP contribution in [0.2, 0.25) is 5.02 Å². The molecule has 9 heteroatoms. The van der Waals surface area contributed by atoms with E-state index >= 15 is 0 Å². The zero-order valence-corrected chi connectivity index (χ0v) is 14.4. The highest BCUT2D eigenvalue weighted by atomic mass is 35.5. The number of hydrogen-bond donors (Lipinski definition) is 1. The van der Waals surface area contributed by atoms with Crippen molar-refractivity contribution in [3.8, 4) is 0 Å². The lowest BCUT2D eigenvalue weighted by Crippen LogP contribution is -2.29. The van der Waals surface area contributed by atoms with Crippen molar-refractivity contribution in [3.63, 3.8) is 0 Å². The number of rotatable bonds is 4. The van der Waals surface area contributed by atoms with Crippen LogP contribution in [0.15, 0.2) is 47.8 Å². The number of nitrogens with zero attached hydrogens (tertiary/aromatic N) is 1. The number of benzene rings is 1. The molecule has 0 atom stereocenters. The minimum absolute atomic E-state index is 0.250. The second kappa shape index (κ2) is 7.83. The number of ether oxygens (including phenoxy) is 2. The van der Waals surface area contributed by atoms with Crippen LogP contribution in [-0.2, 0) is 19.1 Å². The number of methoxy groups -OCH3 is 2. The Kier molecular flexibility index (Phi) is 5.78. The Labute approximate surface area is 152 Å². The largest absolute Gasteiger partial charge is 0.478 e. The molecule has 0 saturated heterocycles. The van der Waals surface area contributed by atoms with E-state index < -0.39 is 40.7 Å². The van der Waals surface area contributed by atoms with Crippen molar-refractivity contribution >= 4 is 35.2 Å². The molecule has 1 N–H and O–H groups in total. The van der Waals surface area contributed by atoms with Crippen LogP contribution in [0.1, 0.15) is 10.4 Å². The van der Waals surface area contributed by atoms with Crippen molar-refractivity contribution in [2.45, 2.75) is 0 Å². The molecule has 0 saturated carbocycles. The normalized spacial score (nSPS) is 13.5. The van der Waals surface area contributed by atoms with Gasteiger partial charge in [0, 0.05) is 6.20 Å². The fraction of sp³-hybridized carbons (Fsp3) is 0.118. The molecule has 0 spiro atoms. The third kappa shape index (κ3) is 3.45. The van der Waals surface area contributed by atoms with Gasteiger partial charge in [-0.1, -0.05) is 17.7 Å². The number of aromatic carboxylic acids is 1. The number of esters is 2. The molecule has 2 rings (SSSR count). The molecule has 0 amide bonds. The summed E-state index contributed by atoms with van der Waals surface area (Å²) in [6.45, 7) is 0. The van der Waals surface area contributed by atoms with Gasteiger partial charge in [-0.15, -0.1) is 0 Å². The number of halogens is 2. The molecule has 136 valence electrons. The zero-order chi connectivity index (χ0) is 19.4. The van der Waals surface area contributed by atoms with Crippen LogP contribution in [0, 0.1) is 5.82 Å². The van der Waals surface area contributed by atoms with E-state index in [-0.39, 0.29) is 10.6 Å². The van der Waals surface area contributed by atoms with E-state index in [2.05, 4.69) is 9.47 Å². The van der Waals surface area contributed by atoms with Crippen molar-refractivity contribution < 1.29 is 33.4 Å². The summed E-state index contributed by atoms with van der Waals surface area (Å²) >= 11 is 5.78. The summed E-state index contributed by atoms with van der Waals surface area (Å²) in [5.74, 6) is -4.43. The summed E-state index contributed by atoms with van der Waals surface area (Å²) in [6.07, 6.45) is 5.25. The Morgan fingerprint density at radius 1 is 1.12 bits per heavy atom. The highest BCUT2D eigenvalue weighted by Gasteiger charge is 2.32. The highest BCUT2D eigenvalue weighted by Crippen LogP contribution is 2.35. The first-order valence-corrected chi connectivity index (χ1v) is 7.47. The first-order chi connectivity index (χ1) is 12.3. The highest BCUT2D eigenvalue weighted by molar-refractivity contribution is 6.31. The topological polar surface area (TPSA) is 93.1 Å². The minimum atomic E-state index is -1.45. The molecule has 0 aliphatic carbocycles. The summed E-state index contributed by atoms with van der Waals surface area (Å²) in [7, 11) is 2.16. The van der Waals surface area contributed by atoms with Gasteiger partial charge in [0.15, 0.2) is 5.82 Å². The summed E-state index contributed by atoms with van der Waals surface area (Å²) in [4.78, 5) is 36.8. The molecule has 1 aromatic rings. The first kappa shape index (κ1) is 19.2. The molecule has 1 aliphatic rings.